The number of nitrogens with zero attached hydrogens (tertiary/aromatic N) is 2. The van der Waals surface area contributed by atoms with Gasteiger partial charge < -0.3 is 14.5 Å². The van der Waals surface area contributed by atoms with Crippen molar-refractivity contribution in [3.05, 3.63) is 24.3 Å². The standard InChI is InChI=1S/C55H106N2O3/c1-7-11-15-19-23-27-31-37-43-52(44-38-32-28-24-20-16-12-8-2)51-57(54(58)48-49-56(5)6)53(45-39-33-29-25-21-17-13-9-3)46-40-34-35-41-47-55(59)60-50-42-36-30-26-22-18-14-10-4/h23-24,27-28,52-53H,7-22,25-26,29-51H2,1-6H3/b27-23-,28-24-. The first kappa shape index (κ1) is 58.4. The smallest absolute Gasteiger partial charge is 0.305 e. The zero-order valence-corrected chi connectivity index (χ0v) is 41.6. The Morgan fingerprint density at radius 2 is 0.850 bits per heavy atom. The molecule has 5 nitrogen and oxygen atoms in total. The van der Waals surface area contributed by atoms with E-state index in [-0.39, 0.29) is 5.97 Å². The predicted molar refractivity (Wildman–Crippen MR) is 265 cm³/mol. The van der Waals surface area contributed by atoms with Crippen molar-refractivity contribution in [3.8, 4) is 0 Å². The fourth-order valence-corrected chi connectivity index (χ4v) is 8.53. The topological polar surface area (TPSA) is 49.9 Å². The van der Waals surface area contributed by atoms with Crippen molar-refractivity contribution in [2.45, 2.75) is 278 Å². The molecule has 0 fully saturated rings. The highest BCUT2D eigenvalue weighted by molar-refractivity contribution is 5.76. The van der Waals surface area contributed by atoms with Crippen LogP contribution in [0.25, 0.3) is 0 Å². The van der Waals surface area contributed by atoms with E-state index in [1.54, 1.807) is 0 Å². The third-order valence-electron chi connectivity index (χ3n) is 12.6. The minimum absolute atomic E-state index is 0.0202. The second-order valence-electron chi connectivity index (χ2n) is 18.8. The largest absolute Gasteiger partial charge is 0.466 e. The van der Waals surface area contributed by atoms with Gasteiger partial charge in [-0.15, -0.1) is 0 Å². The summed E-state index contributed by atoms with van der Waals surface area (Å²) in [6, 6.07) is 0.316. The molecule has 0 bridgehead atoms. The molecule has 0 aromatic heterocycles. The molecule has 1 amide bonds. The summed E-state index contributed by atoms with van der Waals surface area (Å²) in [6.45, 7) is 11.4. The quantitative estimate of drug-likeness (QED) is 0.0348. The SMILES string of the molecule is CCCCC/C=C\CCCC(CCC/C=C\CCCCC)CN(C(=O)CCN(C)C)C(CCCCCCCCCC)CCCCCCC(=O)OCCCCCCCCCC. The number of unbranched alkanes of at least 4 members (excludes halogenated alkanes) is 25. The fourth-order valence-electron chi connectivity index (χ4n) is 8.53. The van der Waals surface area contributed by atoms with Gasteiger partial charge in [-0.2, -0.15) is 0 Å². The van der Waals surface area contributed by atoms with E-state index in [0.29, 0.717) is 37.3 Å². The molecular weight excluding hydrogens is 737 g/mol. The number of rotatable bonds is 47. The Balaban J connectivity index is 5.55. The Bertz CT molecular complexity index is 935. The highest BCUT2D eigenvalue weighted by atomic mass is 16.5. The molecule has 0 aliphatic heterocycles. The van der Waals surface area contributed by atoms with Gasteiger partial charge >= 0.3 is 5.97 Å². The van der Waals surface area contributed by atoms with Gasteiger partial charge in [0, 0.05) is 32.0 Å². The first-order valence-corrected chi connectivity index (χ1v) is 26.8. The average Bonchev–Trinajstić information content (AvgIpc) is 3.24. The predicted octanol–water partition coefficient (Wildman–Crippen LogP) is 16.9. The number of esters is 1. The summed E-state index contributed by atoms with van der Waals surface area (Å²) in [4.78, 5) is 31.3. The summed E-state index contributed by atoms with van der Waals surface area (Å²) >= 11 is 0. The van der Waals surface area contributed by atoms with Gasteiger partial charge in [0.15, 0.2) is 0 Å². The number of carbonyl (C=O) groups is 2. The molecule has 0 heterocycles. The van der Waals surface area contributed by atoms with Gasteiger partial charge in [0.2, 0.25) is 5.91 Å². The zero-order chi connectivity index (χ0) is 44.0. The zero-order valence-electron chi connectivity index (χ0n) is 41.6. The number of ether oxygens (including phenoxy) is 1. The molecular formula is C55H106N2O3. The Labute approximate surface area is 376 Å². The highest BCUT2D eigenvalue weighted by Crippen LogP contribution is 2.25. The van der Waals surface area contributed by atoms with Crippen LogP contribution in [0.5, 0.6) is 0 Å². The summed E-state index contributed by atoms with van der Waals surface area (Å²) in [5.74, 6) is 0.894. The third-order valence-corrected chi connectivity index (χ3v) is 12.6. The van der Waals surface area contributed by atoms with Crippen molar-refractivity contribution in [2.75, 3.05) is 33.8 Å². The molecule has 0 radical (unpaired) electrons. The van der Waals surface area contributed by atoms with Crippen LogP contribution in [0.3, 0.4) is 0 Å². The fraction of sp³-hybridized carbons (Fsp3) is 0.891. The first-order chi connectivity index (χ1) is 29.4. The molecule has 0 aromatic rings. The maximum Gasteiger partial charge on any atom is 0.305 e. The minimum atomic E-state index is -0.0202. The van der Waals surface area contributed by atoms with Crippen LogP contribution < -0.4 is 0 Å². The summed E-state index contributed by atoms with van der Waals surface area (Å²) < 4.78 is 5.59. The van der Waals surface area contributed by atoms with Crippen molar-refractivity contribution in [1.29, 1.82) is 0 Å². The highest BCUT2D eigenvalue weighted by Gasteiger charge is 2.26. The summed E-state index contributed by atoms with van der Waals surface area (Å²) in [5.41, 5.74) is 0. The molecule has 1 atom stereocenters. The van der Waals surface area contributed by atoms with Crippen LogP contribution >= 0.6 is 0 Å². The van der Waals surface area contributed by atoms with Crippen LogP contribution in [-0.2, 0) is 14.3 Å². The average molecular weight is 843 g/mol. The molecule has 0 aliphatic rings. The van der Waals surface area contributed by atoms with Crippen molar-refractivity contribution in [1.82, 2.24) is 9.80 Å². The van der Waals surface area contributed by atoms with Crippen molar-refractivity contribution >= 4 is 11.9 Å². The number of carbonyl (C=O) groups excluding carboxylic acids is 2. The number of allylic oxidation sites excluding steroid dienone is 4. The molecule has 354 valence electrons. The number of amides is 1. The van der Waals surface area contributed by atoms with Crippen molar-refractivity contribution in [2.24, 2.45) is 5.92 Å². The number of hydrogen-bond donors (Lipinski definition) is 0. The lowest BCUT2D eigenvalue weighted by atomic mass is 9.92. The van der Waals surface area contributed by atoms with Gasteiger partial charge in [0.1, 0.15) is 0 Å². The van der Waals surface area contributed by atoms with Crippen LogP contribution in [0.2, 0.25) is 0 Å². The molecule has 0 aliphatic carbocycles. The monoisotopic (exact) mass is 843 g/mol. The molecule has 1 unspecified atom stereocenters. The summed E-state index contributed by atoms with van der Waals surface area (Å²) in [5, 5.41) is 0. The van der Waals surface area contributed by atoms with E-state index in [1.165, 1.54) is 173 Å². The molecule has 0 saturated carbocycles. The second kappa shape index (κ2) is 46.9. The molecule has 0 saturated heterocycles. The lowest BCUT2D eigenvalue weighted by Crippen LogP contribution is -2.44. The lowest BCUT2D eigenvalue weighted by molar-refractivity contribution is -0.144. The molecule has 5 heteroatoms. The van der Waals surface area contributed by atoms with Gasteiger partial charge in [-0.1, -0.05) is 193 Å². The van der Waals surface area contributed by atoms with E-state index in [9.17, 15) is 9.59 Å². The van der Waals surface area contributed by atoms with Crippen LogP contribution in [0.4, 0.5) is 0 Å². The molecule has 0 N–H and O–H groups in total. The molecule has 60 heavy (non-hydrogen) atoms. The van der Waals surface area contributed by atoms with Crippen LogP contribution in [0.1, 0.15) is 272 Å². The van der Waals surface area contributed by atoms with Crippen molar-refractivity contribution < 1.29 is 14.3 Å². The van der Waals surface area contributed by atoms with E-state index in [0.717, 1.165) is 70.9 Å². The normalized spacial score (nSPS) is 12.5. The van der Waals surface area contributed by atoms with Crippen LogP contribution in [0.15, 0.2) is 24.3 Å². The van der Waals surface area contributed by atoms with Gasteiger partial charge in [0.05, 0.1) is 6.61 Å². The van der Waals surface area contributed by atoms with Crippen molar-refractivity contribution in [3.63, 3.8) is 0 Å². The Kier molecular flexibility index (Phi) is 45.6. The summed E-state index contributed by atoms with van der Waals surface area (Å²) in [7, 11) is 4.19. The Morgan fingerprint density at radius 3 is 1.32 bits per heavy atom. The van der Waals surface area contributed by atoms with Crippen LogP contribution in [0, 0.1) is 5.92 Å². The lowest BCUT2D eigenvalue weighted by Gasteiger charge is -2.36. The van der Waals surface area contributed by atoms with E-state index < -0.39 is 0 Å². The van der Waals surface area contributed by atoms with E-state index in [4.69, 9.17) is 4.74 Å². The number of hydrogen-bond acceptors (Lipinski definition) is 4. The minimum Gasteiger partial charge on any atom is -0.466 e. The summed E-state index contributed by atoms with van der Waals surface area (Å²) in [6.07, 6.45) is 55.3. The molecule has 0 rings (SSSR count). The Hall–Kier alpha value is -1.62. The Morgan fingerprint density at radius 1 is 0.450 bits per heavy atom. The van der Waals surface area contributed by atoms with Gasteiger partial charge in [-0.3, -0.25) is 9.59 Å². The van der Waals surface area contributed by atoms with Gasteiger partial charge in [-0.05, 0) is 110 Å². The van der Waals surface area contributed by atoms with Gasteiger partial charge in [-0.25, -0.2) is 0 Å². The molecule has 0 aromatic carbocycles. The maximum atomic E-state index is 14.3. The van der Waals surface area contributed by atoms with E-state index in [2.05, 4.69) is 75.9 Å². The second-order valence-corrected chi connectivity index (χ2v) is 18.8. The third kappa shape index (κ3) is 40.5. The van der Waals surface area contributed by atoms with E-state index >= 15 is 0 Å². The maximum absolute atomic E-state index is 14.3. The first-order valence-electron chi connectivity index (χ1n) is 26.8. The molecule has 0 spiro atoms. The van der Waals surface area contributed by atoms with Gasteiger partial charge in [0.25, 0.3) is 0 Å². The van der Waals surface area contributed by atoms with Crippen LogP contribution in [-0.4, -0.2) is 61.5 Å². The van der Waals surface area contributed by atoms with E-state index in [1.807, 2.05) is 0 Å².